The summed E-state index contributed by atoms with van der Waals surface area (Å²) in [6.07, 6.45) is 6.02. The van der Waals surface area contributed by atoms with Crippen LogP contribution in [-0.4, -0.2) is 28.2 Å². The van der Waals surface area contributed by atoms with Gasteiger partial charge in [0.05, 0.1) is 24.2 Å². The Labute approximate surface area is 114 Å². The minimum absolute atomic E-state index is 0.00338. The number of aromatic nitrogens is 2. The van der Waals surface area contributed by atoms with Gasteiger partial charge in [0.15, 0.2) is 0 Å². The van der Waals surface area contributed by atoms with Gasteiger partial charge < -0.3 is 10.0 Å². The third-order valence-electron chi connectivity index (χ3n) is 4.60. The highest BCUT2D eigenvalue weighted by atomic mass is 16.3. The summed E-state index contributed by atoms with van der Waals surface area (Å²) in [5, 5.41) is 9.57. The molecule has 1 aliphatic carbocycles. The third kappa shape index (κ3) is 2.34. The van der Waals surface area contributed by atoms with Gasteiger partial charge in [-0.05, 0) is 24.7 Å². The number of anilines is 1. The summed E-state index contributed by atoms with van der Waals surface area (Å²) in [5.74, 6) is 2.82. The molecule has 1 aliphatic heterocycles. The molecule has 1 N–H and O–H groups in total. The van der Waals surface area contributed by atoms with Crippen molar-refractivity contribution < 1.29 is 5.11 Å². The van der Waals surface area contributed by atoms with Crippen LogP contribution in [0.15, 0.2) is 6.20 Å². The molecule has 2 aliphatic rings. The quantitative estimate of drug-likeness (QED) is 0.907. The van der Waals surface area contributed by atoms with Gasteiger partial charge in [-0.15, -0.1) is 0 Å². The van der Waals surface area contributed by atoms with Crippen molar-refractivity contribution in [3.8, 4) is 0 Å². The van der Waals surface area contributed by atoms with Gasteiger partial charge in [-0.1, -0.05) is 20.3 Å². The molecule has 0 bridgehead atoms. The summed E-state index contributed by atoms with van der Waals surface area (Å²) >= 11 is 0. The topological polar surface area (TPSA) is 49.2 Å². The van der Waals surface area contributed by atoms with Crippen molar-refractivity contribution in [1.29, 1.82) is 0 Å². The number of fused-ring (bicyclic) bond motifs is 1. The van der Waals surface area contributed by atoms with Crippen molar-refractivity contribution in [2.24, 2.45) is 11.8 Å². The molecule has 2 fully saturated rings. The smallest absolute Gasteiger partial charge is 0.131 e. The highest BCUT2D eigenvalue weighted by molar-refractivity contribution is 5.50. The van der Waals surface area contributed by atoms with Crippen LogP contribution in [0.2, 0.25) is 0 Å². The number of aliphatic hydroxyl groups is 1. The lowest BCUT2D eigenvalue weighted by Crippen LogP contribution is -2.23. The van der Waals surface area contributed by atoms with Crippen molar-refractivity contribution in [1.82, 2.24) is 9.97 Å². The molecule has 0 amide bonds. The molecular formula is C15H23N3O. The Kier molecular flexibility index (Phi) is 3.44. The zero-order valence-corrected chi connectivity index (χ0v) is 11.8. The van der Waals surface area contributed by atoms with Gasteiger partial charge in [0.2, 0.25) is 0 Å². The van der Waals surface area contributed by atoms with Gasteiger partial charge in [-0.2, -0.15) is 0 Å². The van der Waals surface area contributed by atoms with Crippen LogP contribution in [-0.2, 0) is 6.61 Å². The zero-order valence-electron chi connectivity index (χ0n) is 11.8. The number of hydrogen-bond donors (Lipinski definition) is 1. The summed E-state index contributed by atoms with van der Waals surface area (Å²) in [4.78, 5) is 11.4. The van der Waals surface area contributed by atoms with Crippen molar-refractivity contribution in [2.75, 3.05) is 18.0 Å². The van der Waals surface area contributed by atoms with Crippen molar-refractivity contribution >= 4 is 5.69 Å². The predicted molar refractivity (Wildman–Crippen MR) is 75.1 cm³/mol. The maximum absolute atomic E-state index is 9.57. The molecule has 2 unspecified atom stereocenters. The van der Waals surface area contributed by atoms with E-state index in [0.29, 0.717) is 5.92 Å². The first-order chi connectivity index (χ1) is 9.19. The SMILES string of the molecule is CC(C)c1ncc(N2CC3CCCC3C2)c(CO)n1. The van der Waals surface area contributed by atoms with Gasteiger partial charge in [-0.25, -0.2) is 9.97 Å². The van der Waals surface area contributed by atoms with E-state index >= 15 is 0 Å². The van der Waals surface area contributed by atoms with Crippen LogP contribution in [0, 0.1) is 11.8 Å². The number of hydrogen-bond acceptors (Lipinski definition) is 4. The normalized spacial score (nSPS) is 26.2. The standard InChI is InChI=1S/C15H23N3O/c1-10(2)15-16-6-14(13(9-19)17-15)18-7-11-4-3-5-12(11)8-18/h6,10-12,19H,3-5,7-9H2,1-2H3. The maximum Gasteiger partial charge on any atom is 0.131 e. The number of nitrogens with zero attached hydrogens (tertiary/aromatic N) is 3. The molecule has 1 saturated heterocycles. The fourth-order valence-electron chi connectivity index (χ4n) is 3.52. The first-order valence-corrected chi connectivity index (χ1v) is 7.40. The minimum atomic E-state index is 0.00338. The van der Waals surface area contributed by atoms with E-state index in [1.165, 1.54) is 19.3 Å². The molecule has 0 radical (unpaired) electrons. The molecule has 104 valence electrons. The lowest BCUT2D eigenvalue weighted by molar-refractivity contribution is 0.276. The van der Waals surface area contributed by atoms with Gasteiger partial charge in [0, 0.05) is 19.0 Å². The Morgan fingerprint density at radius 1 is 1.32 bits per heavy atom. The highest BCUT2D eigenvalue weighted by Gasteiger charge is 2.36. The molecule has 1 saturated carbocycles. The minimum Gasteiger partial charge on any atom is -0.390 e. The van der Waals surface area contributed by atoms with Crippen molar-refractivity contribution in [3.63, 3.8) is 0 Å². The average Bonchev–Trinajstić information content (AvgIpc) is 2.98. The molecule has 1 aromatic rings. The fourth-order valence-corrected chi connectivity index (χ4v) is 3.52. The zero-order chi connectivity index (χ0) is 13.4. The number of rotatable bonds is 3. The van der Waals surface area contributed by atoms with E-state index in [0.717, 1.165) is 42.1 Å². The summed E-state index contributed by atoms with van der Waals surface area (Å²) in [5.41, 5.74) is 1.83. The van der Waals surface area contributed by atoms with E-state index < -0.39 is 0 Å². The van der Waals surface area contributed by atoms with Crippen LogP contribution in [0.3, 0.4) is 0 Å². The Bertz CT molecular complexity index is 449. The first kappa shape index (κ1) is 12.9. The molecule has 4 heteroatoms. The Balaban J connectivity index is 1.84. The van der Waals surface area contributed by atoms with Crippen LogP contribution in [0.25, 0.3) is 0 Å². The van der Waals surface area contributed by atoms with Crippen molar-refractivity contribution in [3.05, 3.63) is 17.7 Å². The van der Waals surface area contributed by atoms with Crippen LogP contribution in [0.1, 0.15) is 50.5 Å². The van der Waals surface area contributed by atoms with Gasteiger partial charge in [0.25, 0.3) is 0 Å². The fraction of sp³-hybridized carbons (Fsp3) is 0.733. The maximum atomic E-state index is 9.57. The van der Waals surface area contributed by atoms with Crippen LogP contribution >= 0.6 is 0 Å². The van der Waals surface area contributed by atoms with E-state index in [-0.39, 0.29) is 6.61 Å². The summed E-state index contributed by atoms with van der Waals surface area (Å²) in [6, 6.07) is 0. The van der Waals surface area contributed by atoms with E-state index in [1.807, 2.05) is 6.20 Å². The molecule has 2 atom stereocenters. The second kappa shape index (κ2) is 5.08. The van der Waals surface area contributed by atoms with E-state index in [9.17, 15) is 5.11 Å². The molecule has 0 spiro atoms. The van der Waals surface area contributed by atoms with Gasteiger partial charge in [0.1, 0.15) is 5.82 Å². The van der Waals surface area contributed by atoms with Crippen LogP contribution in [0.4, 0.5) is 5.69 Å². The largest absolute Gasteiger partial charge is 0.390 e. The lowest BCUT2D eigenvalue weighted by Gasteiger charge is -2.22. The van der Waals surface area contributed by atoms with Crippen molar-refractivity contribution in [2.45, 2.75) is 45.6 Å². The third-order valence-corrected chi connectivity index (χ3v) is 4.60. The molecule has 4 nitrogen and oxygen atoms in total. The van der Waals surface area contributed by atoms with Crippen LogP contribution in [0.5, 0.6) is 0 Å². The van der Waals surface area contributed by atoms with Crippen LogP contribution < -0.4 is 4.90 Å². The summed E-state index contributed by atoms with van der Waals surface area (Å²) < 4.78 is 0. The molecule has 1 aromatic heterocycles. The molecule has 3 rings (SSSR count). The number of aliphatic hydroxyl groups excluding tert-OH is 1. The lowest BCUT2D eigenvalue weighted by atomic mass is 10.0. The highest BCUT2D eigenvalue weighted by Crippen LogP contribution is 2.40. The van der Waals surface area contributed by atoms with Gasteiger partial charge >= 0.3 is 0 Å². The Morgan fingerprint density at radius 3 is 2.58 bits per heavy atom. The molecule has 2 heterocycles. The summed E-state index contributed by atoms with van der Waals surface area (Å²) in [6.45, 7) is 6.39. The van der Waals surface area contributed by atoms with E-state index in [4.69, 9.17) is 0 Å². The first-order valence-electron chi connectivity index (χ1n) is 7.40. The average molecular weight is 261 g/mol. The van der Waals surface area contributed by atoms with E-state index in [1.54, 1.807) is 0 Å². The molecular weight excluding hydrogens is 238 g/mol. The summed E-state index contributed by atoms with van der Waals surface area (Å²) in [7, 11) is 0. The van der Waals surface area contributed by atoms with Gasteiger partial charge in [-0.3, -0.25) is 0 Å². The monoisotopic (exact) mass is 261 g/mol. The molecule has 0 aromatic carbocycles. The second-order valence-electron chi connectivity index (χ2n) is 6.23. The Morgan fingerprint density at radius 2 is 2.00 bits per heavy atom. The molecule has 19 heavy (non-hydrogen) atoms. The predicted octanol–water partition coefficient (Wildman–Crippen LogP) is 2.33. The second-order valence-corrected chi connectivity index (χ2v) is 6.23. The Hall–Kier alpha value is -1.16. The van der Waals surface area contributed by atoms with E-state index in [2.05, 4.69) is 28.7 Å².